The predicted octanol–water partition coefficient (Wildman–Crippen LogP) is 3.08. The molecule has 7 nitrogen and oxygen atoms in total. The van der Waals surface area contributed by atoms with Crippen LogP contribution in [0.1, 0.15) is 16.1 Å². The Morgan fingerprint density at radius 2 is 1.84 bits per heavy atom. The maximum atomic E-state index is 14.1. The Morgan fingerprint density at radius 1 is 1.09 bits per heavy atom. The molecular weight excluding hydrogens is 409 g/mol. The highest BCUT2D eigenvalue weighted by Gasteiger charge is 2.22. The molecule has 0 bridgehead atoms. The second-order valence-corrected chi connectivity index (χ2v) is 8.45. The van der Waals surface area contributed by atoms with Crippen molar-refractivity contribution in [1.29, 1.82) is 0 Å². The number of halogens is 1. The molecule has 1 saturated heterocycles. The van der Waals surface area contributed by atoms with Crippen LogP contribution in [0.15, 0.2) is 42.5 Å². The van der Waals surface area contributed by atoms with E-state index in [2.05, 4.69) is 15.2 Å². The molecule has 2 N–H and O–H groups in total. The minimum atomic E-state index is -0.355. The van der Waals surface area contributed by atoms with Crippen molar-refractivity contribution in [3.05, 3.63) is 59.5 Å². The van der Waals surface area contributed by atoms with Crippen LogP contribution in [0.5, 0.6) is 0 Å². The van der Waals surface area contributed by atoms with Gasteiger partial charge < -0.3 is 25.0 Å². The first-order chi connectivity index (χ1) is 15.3. The molecule has 2 heterocycles. The molecule has 1 aromatic heterocycles. The van der Waals surface area contributed by atoms with Gasteiger partial charge in [0.25, 0.3) is 5.91 Å². The van der Waals surface area contributed by atoms with E-state index in [1.165, 1.54) is 6.07 Å². The summed E-state index contributed by atoms with van der Waals surface area (Å²) in [6, 6.07) is 12.3. The van der Waals surface area contributed by atoms with Gasteiger partial charge in [-0.05, 0) is 56.9 Å². The molecule has 2 aromatic carbocycles. The van der Waals surface area contributed by atoms with Crippen molar-refractivity contribution >= 4 is 34.1 Å². The van der Waals surface area contributed by atoms with Crippen LogP contribution in [0.2, 0.25) is 0 Å². The number of piperazine rings is 1. The molecule has 0 unspecified atom stereocenters. The Balaban J connectivity index is 1.43. The third kappa shape index (κ3) is 4.60. The third-order valence-corrected chi connectivity index (χ3v) is 5.75. The topological polar surface area (TPSA) is 71.7 Å². The van der Waals surface area contributed by atoms with Crippen molar-refractivity contribution in [1.82, 2.24) is 14.8 Å². The van der Waals surface area contributed by atoms with Crippen molar-refractivity contribution < 1.29 is 14.0 Å². The van der Waals surface area contributed by atoms with Gasteiger partial charge in [-0.2, -0.15) is 0 Å². The Bertz CT molecular complexity index is 1110. The number of carbonyl (C=O) groups is 2. The number of fused-ring (bicyclic) bond motifs is 1. The van der Waals surface area contributed by atoms with E-state index in [-0.39, 0.29) is 17.6 Å². The Kier molecular flexibility index (Phi) is 6.14. The molecule has 0 radical (unpaired) electrons. The number of nitrogens with one attached hydrogen (secondary N) is 2. The molecule has 0 atom stereocenters. The fourth-order valence-electron chi connectivity index (χ4n) is 4.01. The van der Waals surface area contributed by atoms with Crippen LogP contribution in [-0.4, -0.2) is 73.4 Å². The van der Waals surface area contributed by atoms with E-state index < -0.39 is 0 Å². The second-order valence-electron chi connectivity index (χ2n) is 8.45. The maximum absolute atomic E-state index is 14.1. The van der Waals surface area contributed by atoms with Crippen molar-refractivity contribution in [3.8, 4) is 0 Å². The molecule has 0 spiro atoms. The van der Waals surface area contributed by atoms with Crippen LogP contribution in [0.3, 0.4) is 0 Å². The normalized spacial score (nSPS) is 14.3. The van der Waals surface area contributed by atoms with Crippen molar-refractivity contribution in [3.63, 3.8) is 0 Å². The highest BCUT2D eigenvalue weighted by atomic mass is 19.1. The molecule has 168 valence electrons. The molecule has 1 fully saturated rings. The Hall–Kier alpha value is -3.39. The quantitative estimate of drug-likeness (QED) is 0.644. The maximum Gasteiger partial charge on any atom is 0.272 e. The van der Waals surface area contributed by atoms with Gasteiger partial charge in [-0.15, -0.1) is 0 Å². The Morgan fingerprint density at radius 3 is 2.53 bits per heavy atom. The molecule has 0 aliphatic carbocycles. The lowest BCUT2D eigenvalue weighted by molar-refractivity contribution is -0.132. The van der Waals surface area contributed by atoms with Gasteiger partial charge in [0.1, 0.15) is 11.5 Å². The van der Waals surface area contributed by atoms with E-state index in [4.69, 9.17) is 0 Å². The first-order valence-electron chi connectivity index (χ1n) is 10.7. The molecule has 0 saturated carbocycles. The van der Waals surface area contributed by atoms with Crippen LogP contribution in [0, 0.1) is 12.7 Å². The van der Waals surface area contributed by atoms with Gasteiger partial charge in [-0.1, -0.05) is 12.1 Å². The number of rotatable bonds is 5. The summed E-state index contributed by atoms with van der Waals surface area (Å²) in [5, 5.41) is 3.30. The molecule has 8 heteroatoms. The number of anilines is 2. The average molecular weight is 438 g/mol. The fourth-order valence-corrected chi connectivity index (χ4v) is 4.01. The van der Waals surface area contributed by atoms with E-state index >= 15 is 0 Å². The SMILES string of the molecule is Cc1ccc(F)c2cc(C(=O)Nc3cccc(N4CCN(C(=O)CN(C)C)CC4)c3)[nH]c12. The highest BCUT2D eigenvalue weighted by molar-refractivity contribution is 6.06. The van der Waals surface area contributed by atoms with E-state index in [1.54, 1.807) is 12.1 Å². The summed E-state index contributed by atoms with van der Waals surface area (Å²) in [4.78, 5) is 34.0. The van der Waals surface area contributed by atoms with Crippen LogP contribution in [0.25, 0.3) is 10.9 Å². The van der Waals surface area contributed by atoms with Gasteiger partial charge in [0.15, 0.2) is 0 Å². The largest absolute Gasteiger partial charge is 0.368 e. The standard InChI is InChI=1S/C24H28FN5O2/c1-16-7-8-20(25)19-14-21(27-23(16)19)24(32)26-17-5-4-6-18(13-17)29-9-11-30(12-10-29)22(31)15-28(2)3/h4-8,13-14,27H,9-12,15H2,1-3H3,(H,26,32). The summed E-state index contributed by atoms with van der Waals surface area (Å²) in [6.45, 7) is 5.09. The molecule has 4 rings (SSSR count). The summed E-state index contributed by atoms with van der Waals surface area (Å²) < 4.78 is 14.1. The first-order valence-corrected chi connectivity index (χ1v) is 10.7. The monoisotopic (exact) mass is 437 g/mol. The lowest BCUT2D eigenvalue weighted by Gasteiger charge is -2.36. The number of aromatic amines is 1. The number of amides is 2. The second kappa shape index (κ2) is 9.00. The minimum absolute atomic E-state index is 0.140. The van der Waals surface area contributed by atoms with Gasteiger partial charge in [0.2, 0.25) is 5.91 Å². The zero-order chi connectivity index (χ0) is 22.8. The van der Waals surface area contributed by atoms with Crippen molar-refractivity contribution in [2.24, 2.45) is 0 Å². The van der Waals surface area contributed by atoms with E-state index in [1.807, 2.05) is 55.1 Å². The lowest BCUT2D eigenvalue weighted by Crippen LogP contribution is -2.50. The number of aryl methyl sites for hydroxylation is 1. The van der Waals surface area contributed by atoms with Gasteiger partial charge in [0.05, 0.1) is 12.1 Å². The van der Waals surface area contributed by atoms with Crippen LogP contribution >= 0.6 is 0 Å². The fraction of sp³-hybridized carbons (Fsp3) is 0.333. The molecular formula is C24H28FN5O2. The average Bonchev–Trinajstić information content (AvgIpc) is 3.23. The zero-order valence-electron chi connectivity index (χ0n) is 18.6. The summed E-state index contributed by atoms with van der Waals surface area (Å²) >= 11 is 0. The van der Waals surface area contributed by atoms with Gasteiger partial charge in [-0.3, -0.25) is 9.59 Å². The smallest absolute Gasteiger partial charge is 0.272 e. The number of likely N-dealkylation sites (N-methyl/N-ethyl adjacent to an activating group) is 1. The van der Waals surface area contributed by atoms with Gasteiger partial charge in [-0.25, -0.2) is 4.39 Å². The molecule has 1 aliphatic rings. The number of hydrogen-bond donors (Lipinski definition) is 2. The molecule has 1 aliphatic heterocycles. The van der Waals surface area contributed by atoms with E-state index in [0.29, 0.717) is 41.9 Å². The van der Waals surface area contributed by atoms with Crippen molar-refractivity contribution in [2.75, 3.05) is 57.0 Å². The number of benzene rings is 2. The van der Waals surface area contributed by atoms with Crippen LogP contribution in [0.4, 0.5) is 15.8 Å². The minimum Gasteiger partial charge on any atom is -0.368 e. The summed E-state index contributed by atoms with van der Waals surface area (Å²) in [5.41, 5.74) is 3.47. The number of H-pyrrole nitrogens is 1. The summed E-state index contributed by atoms with van der Waals surface area (Å²) in [7, 11) is 3.78. The number of nitrogens with zero attached hydrogens (tertiary/aromatic N) is 3. The summed E-state index contributed by atoms with van der Waals surface area (Å²) in [6.07, 6.45) is 0. The molecule has 3 aromatic rings. The lowest BCUT2D eigenvalue weighted by atomic mass is 10.1. The van der Waals surface area contributed by atoms with Gasteiger partial charge in [0, 0.05) is 42.9 Å². The summed E-state index contributed by atoms with van der Waals surface area (Å²) in [5.74, 6) is -0.539. The first kappa shape index (κ1) is 21.8. The molecule has 2 amide bonds. The Labute approximate surface area is 186 Å². The van der Waals surface area contributed by atoms with Crippen molar-refractivity contribution in [2.45, 2.75) is 6.92 Å². The highest BCUT2D eigenvalue weighted by Crippen LogP contribution is 2.24. The number of carbonyl (C=O) groups excluding carboxylic acids is 2. The van der Waals surface area contributed by atoms with E-state index in [9.17, 15) is 14.0 Å². The zero-order valence-corrected chi connectivity index (χ0v) is 18.6. The third-order valence-electron chi connectivity index (χ3n) is 5.75. The van der Waals surface area contributed by atoms with Gasteiger partial charge >= 0.3 is 0 Å². The number of hydrogen-bond acceptors (Lipinski definition) is 4. The van der Waals surface area contributed by atoms with Crippen LogP contribution < -0.4 is 10.2 Å². The van der Waals surface area contributed by atoms with Crippen LogP contribution in [-0.2, 0) is 4.79 Å². The molecule has 32 heavy (non-hydrogen) atoms. The van der Waals surface area contributed by atoms with E-state index in [0.717, 1.165) is 24.3 Å². The number of aromatic nitrogens is 1. The predicted molar refractivity (Wildman–Crippen MR) is 125 cm³/mol.